The number of hydrogen-bond acceptors (Lipinski definition) is 4. The highest BCUT2D eigenvalue weighted by Crippen LogP contribution is 2.33. The Hall–Kier alpha value is -1.62. The lowest BCUT2D eigenvalue weighted by Gasteiger charge is -2.20. The van der Waals surface area contributed by atoms with Crippen LogP contribution in [0.25, 0.3) is 10.1 Å². The van der Waals surface area contributed by atoms with Gasteiger partial charge in [-0.3, -0.25) is 9.78 Å². The normalized spacial score (nSPS) is 10.8. The van der Waals surface area contributed by atoms with E-state index in [0.717, 1.165) is 36.0 Å². The summed E-state index contributed by atoms with van der Waals surface area (Å²) in [7, 11) is 0. The highest BCUT2D eigenvalue weighted by atomic mass is 32.1. The molecule has 102 valence electrons. The summed E-state index contributed by atoms with van der Waals surface area (Å²) >= 11 is 1.43. The fourth-order valence-corrected chi connectivity index (χ4v) is 3.19. The van der Waals surface area contributed by atoms with E-state index >= 15 is 0 Å². The predicted molar refractivity (Wildman–Crippen MR) is 80.5 cm³/mol. The van der Waals surface area contributed by atoms with Crippen molar-refractivity contribution in [3.63, 3.8) is 0 Å². The number of thiophene rings is 1. The molecule has 19 heavy (non-hydrogen) atoms. The number of amides is 1. The zero-order valence-electron chi connectivity index (χ0n) is 11.3. The quantitative estimate of drug-likeness (QED) is 0.913. The number of fused-ring (bicyclic) bond motifs is 1. The molecule has 0 saturated heterocycles. The highest BCUT2D eigenvalue weighted by molar-refractivity contribution is 7.21. The zero-order chi connectivity index (χ0) is 13.8. The second-order valence-corrected chi connectivity index (χ2v) is 5.56. The molecule has 0 spiro atoms. The van der Waals surface area contributed by atoms with E-state index in [0.29, 0.717) is 10.6 Å². The molecule has 2 heterocycles. The lowest BCUT2D eigenvalue weighted by atomic mass is 10.2. The van der Waals surface area contributed by atoms with Gasteiger partial charge in [0.25, 0.3) is 5.91 Å². The number of rotatable bonds is 5. The molecule has 0 fully saturated rings. The first-order valence-corrected chi connectivity index (χ1v) is 7.41. The Bertz CT molecular complexity index is 573. The van der Waals surface area contributed by atoms with Crippen molar-refractivity contribution in [3.05, 3.63) is 23.3 Å². The van der Waals surface area contributed by atoms with Crippen molar-refractivity contribution in [2.75, 3.05) is 18.8 Å². The fourth-order valence-electron chi connectivity index (χ4n) is 2.13. The molecule has 0 atom stereocenters. The van der Waals surface area contributed by atoms with E-state index in [1.807, 2.05) is 11.0 Å². The van der Waals surface area contributed by atoms with Crippen molar-refractivity contribution < 1.29 is 4.79 Å². The molecule has 0 aliphatic rings. The summed E-state index contributed by atoms with van der Waals surface area (Å²) in [4.78, 5) is 19.2. The van der Waals surface area contributed by atoms with Crippen LogP contribution in [0.5, 0.6) is 0 Å². The fraction of sp³-hybridized carbons (Fsp3) is 0.429. The summed E-state index contributed by atoms with van der Waals surface area (Å²) in [6.45, 7) is 5.71. The van der Waals surface area contributed by atoms with Gasteiger partial charge >= 0.3 is 0 Å². The molecule has 0 saturated carbocycles. The van der Waals surface area contributed by atoms with Gasteiger partial charge in [0.2, 0.25) is 0 Å². The van der Waals surface area contributed by atoms with E-state index in [2.05, 4.69) is 18.8 Å². The molecule has 2 N–H and O–H groups in total. The smallest absolute Gasteiger partial charge is 0.266 e. The van der Waals surface area contributed by atoms with Crippen LogP contribution in [-0.4, -0.2) is 28.9 Å². The Balaban J connectivity index is 2.37. The average Bonchev–Trinajstić information content (AvgIpc) is 2.76. The van der Waals surface area contributed by atoms with Gasteiger partial charge in [-0.25, -0.2) is 0 Å². The number of pyridine rings is 1. The van der Waals surface area contributed by atoms with Crippen LogP contribution < -0.4 is 5.73 Å². The molecule has 0 bridgehead atoms. The largest absolute Gasteiger partial charge is 0.397 e. The number of aromatic nitrogens is 1. The minimum absolute atomic E-state index is 0.0439. The van der Waals surface area contributed by atoms with Gasteiger partial charge in [-0.05, 0) is 18.9 Å². The minimum Gasteiger partial charge on any atom is -0.397 e. The van der Waals surface area contributed by atoms with Crippen LogP contribution >= 0.6 is 11.3 Å². The Morgan fingerprint density at radius 3 is 2.63 bits per heavy atom. The lowest BCUT2D eigenvalue weighted by Crippen LogP contribution is -2.32. The lowest BCUT2D eigenvalue weighted by molar-refractivity contribution is 0.0761. The average molecular weight is 277 g/mol. The Labute approximate surface area is 117 Å². The van der Waals surface area contributed by atoms with Crippen molar-refractivity contribution in [1.29, 1.82) is 0 Å². The van der Waals surface area contributed by atoms with Crippen LogP contribution in [0.4, 0.5) is 5.69 Å². The van der Waals surface area contributed by atoms with E-state index in [1.54, 1.807) is 12.4 Å². The Kier molecular flexibility index (Phi) is 4.37. The van der Waals surface area contributed by atoms with E-state index in [9.17, 15) is 4.79 Å². The van der Waals surface area contributed by atoms with Gasteiger partial charge in [-0.15, -0.1) is 11.3 Å². The monoisotopic (exact) mass is 277 g/mol. The summed E-state index contributed by atoms with van der Waals surface area (Å²) in [5.74, 6) is 0.0439. The van der Waals surface area contributed by atoms with Crippen molar-refractivity contribution in [3.8, 4) is 0 Å². The Morgan fingerprint density at radius 2 is 2.05 bits per heavy atom. The SMILES string of the molecule is CCCN(CCC)C(=O)c1sc2cnccc2c1N. The van der Waals surface area contributed by atoms with Crippen LogP contribution in [0, 0.1) is 0 Å². The van der Waals surface area contributed by atoms with E-state index in [4.69, 9.17) is 5.73 Å². The molecule has 4 nitrogen and oxygen atoms in total. The number of carbonyl (C=O) groups excluding carboxylic acids is 1. The minimum atomic E-state index is 0.0439. The standard InChI is InChI=1S/C14H19N3OS/c1-3-7-17(8-4-2)14(18)13-12(15)10-5-6-16-9-11(10)19-13/h5-6,9H,3-4,7-8,15H2,1-2H3. The third kappa shape index (κ3) is 2.71. The van der Waals surface area contributed by atoms with Crippen molar-refractivity contribution in [1.82, 2.24) is 9.88 Å². The molecule has 2 aromatic rings. The van der Waals surface area contributed by atoms with Crippen molar-refractivity contribution in [2.45, 2.75) is 26.7 Å². The molecule has 2 rings (SSSR count). The molecular weight excluding hydrogens is 258 g/mol. The van der Waals surface area contributed by atoms with Gasteiger partial charge in [-0.2, -0.15) is 0 Å². The van der Waals surface area contributed by atoms with Crippen LogP contribution in [0.1, 0.15) is 36.4 Å². The van der Waals surface area contributed by atoms with Gasteiger partial charge in [0, 0.05) is 30.9 Å². The highest BCUT2D eigenvalue weighted by Gasteiger charge is 2.21. The van der Waals surface area contributed by atoms with E-state index in [1.165, 1.54) is 11.3 Å². The van der Waals surface area contributed by atoms with Crippen LogP contribution in [0.2, 0.25) is 0 Å². The summed E-state index contributed by atoms with van der Waals surface area (Å²) < 4.78 is 0.969. The molecule has 0 aliphatic heterocycles. The van der Waals surface area contributed by atoms with E-state index < -0.39 is 0 Å². The van der Waals surface area contributed by atoms with Gasteiger partial charge < -0.3 is 10.6 Å². The number of nitrogen functional groups attached to an aromatic ring is 1. The first-order valence-electron chi connectivity index (χ1n) is 6.60. The predicted octanol–water partition coefficient (Wildman–Crippen LogP) is 3.14. The maximum Gasteiger partial charge on any atom is 0.266 e. The third-order valence-electron chi connectivity index (χ3n) is 3.00. The molecule has 0 radical (unpaired) electrons. The number of carbonyl (C=O) groups is 1. The molecule has 0 unspecified atom stereocenters. The number of hydrogen-bond donors (Lipinski definition) is 1. The van der Waals surface area contributed by atoms with Crippen molar-refractivity contribution >= 4 is 33.0 Å². The molecule has 0 aliphatic carbocycles. The molecular formula is C14H19N3OS. The number of anilines is 1. The van der Waals surface area contributed by atoms with Crippen LogP contribution in [0.3, 0.4) is 0 Å². The van der Waals surface area contributed by atoms with Crippen LogP contribution in [0.15, 0.2) is 18.5 Å². The second-order valence-electron chi connectivity index (χ2n) is 4.51. The number of nitrogens with two attached hydrogens (primary N) is 1. The number of nitrogens with zero attached hydrogens (tertiary/aromatic N) is 2. The van der Waals surface area contributed by atoms with E-state index in [-0.39, 0.29) is 5.91 Å². The van der Waals surface area contributed by atoms with Gasteiger partial charge in [0.15, 0.2) is 0 Å². The maximum absolute atomic E-state index is 12.6. The summed E-state index contributed by atoms with van der Waals surface area (Å²) in [5, 5.41) is 0.927. The third-order valence-corrected chi connectivity index (χ3v) is 4.14. The van der Waals surface area contributed by atoms with Crippen molar-refractivity contribution in [2.24, 2.45) is 0 Å². The zero-order valence-corrected chi connectivity index (χ0v) is 12.2. The van der Waals surface area contributed by atoms with Gasteiger partial charge in [0.05, 0.1) is 10.4 Å². The molecule has 2 aromatic heterocycles. The molecule has 0 aromatic carbocycles. The maximum atomic E-state index is 12.6. The molecule has 5 heteroatoms. The van der Waals surface area contributed by atoms with Gasteiger partial charge in [-0.1, -0.05) is 13.8 Å². The summed E-state index contributed by atoms with van der Waals surface area (Å²) in [6, 6.07) is 1.86. The Morgan fingerprint density at radius 1 is 1.37 bits per heavy atom. The van der Waals surface area contributed by atoms with Crippen LogP contribution in [-0.2, 0) is 0 Å². The summed E-state index contributed by atoms with van der Waals surface area (Å²) in [6.07, 6.45) is 5.38. The summed E-state index contributed by atoms with van der Waals surface area (Å²) in [5.41, 5.74) is 6.69. The first kappa shape index (κ1) is 13.8. The topological polar surface area (TPSA) is 59.2 Å². The van der Waals surface area contributed by atoms with Gasteiger partial charge in [0.1, 0.15) is 4.88 Å². The second kappa shape index (κ2) is 6.02. The first-order chi connectivity index (χ1) is 9.19. The molecule has 1 amide bonds.